The van der Waals surface area contributed by atoms with Crippen LogP contribution in [-0.2, 0) is 0 Å². The molecule has 1 heterocycles. The summed E-state index contributed by atoms with van der Waals surface area (Å²) in [5, 5.41) is 13.1. The van der Waals surface area contributed by atoms with E-state index in [2.05, 4.69) is 11.2 Å². The highest BCUT2D eigenvalue weighted by Crippen LogP contribution is 2.03. The van der Waals surface area contributed by atoms with Crippen LogP contribution in [0, 0.1) is 25.2 Å². The van der Waals surface area contributed by atoms with Gasteiger partial charge in [-0.05, 0) is 32.0 Å². The zero-order chi connectivity index (χ0) is 11.5. The van der Waals surface area contributed by atoms with Crippen LogP contribution in [0.3, 0.4) is 0 Å². The van der Waals surface area contributed by atoms with E-state index >= 15 is 0 Å². The normalized spacial score (nSPS) is 9.81. The quantitative estimate of drug-likeness (QED) is 0.674. The van der Waals surface area contributed by atoms with Crippen LogP contribution in [-0.4, -0.2) is 5.10 Å². The Bertz CT molecular complexity index is 530. The molecule has 0 fully saturated rings. The number of hydrogen-bond donors (Lipinski definition) is 0. The minimum Gasteiger partial charge on any atom is -0.192 e. The molecule has 0 amide bonds. The minimum absolute atomic E-state index is 0.661. The summed E-state index contributed by atoms with van der Waals surface area (Å²) in [7, 11) is 0. The first kappa shape index (κ1) is 10.3. The second kappa shape index (κ2) is 4.11. The number of benzene rings is 1. The Morgan fingerprint density at radius 2 is 1.88 bits per heavy atom. The van der Waals surface area contributed by atoms with Crippen molar-refractivity contribution >= 4 is 0 Å². The Morgan fingerprint density at radius 1 is 1.19 bits per heavy atom. The monoisotopic (exact) mass is 210 g/mol. The van der Waals surface area contributed by atoms with Gasteiger partial charge in [0.05, 0.1) is 11.6 Å². The minimum atomic E-state index is 0.661. The van der Waals surface area contributed by atoms with E-state index in [1.165, 1.54) is 0 Å². The number of aromatic nitrogens is 2. The first-order chi connectivity index (χ1) is 7.69. The number of nitrogens with zero attached hydrogens (tertiary/aromatic N) is 3. The Kier molecular flexibility index (Phi) is 2.65. The van der Waals surface area contributed by atoms with Gasteiger partial charge in [-0.25, -0.2) is 0 Å². The summed E-state index contributed by atoms with van der Waals surface area (Å²) in [6.07, 6.45) is 1.97. The van der Waals surface area contributed by atoms with Gasteiger partial charge in [0.25, 0.3) is 0 Å². The third kappa shape index (κ3) is 2.06. The van der Waals surface area contributed by atoms with E-state index in [1.54, 1.807) is 12.1 Å². The average Bonchev–Trinajstić information content (AvgIpc) is 2.28. The second-order valence-corrected chi connectivity index (χ2v) is 3.76. The van der Waals surface area contributed by atoms with Gasteiger partial charge in [0.15, 0.2) is 0 Å². The van der Waals surface area contributed by atoms with Crippen LogP contribution in [0.2, 0.25) is 0 Å². The van der Waals surface area contributed by atoms with Crippen LogP contribution in [0.4, 0.5) is 0 Å². The predicted molar refractivity (Wildman–Crippen MR) is 60.0 cm³/mol. The first-order valence-corrected chi connectivity index (χ1v) is 5.07. The molecule has 0 aliphatic rings. The lowest BCUT2D eigenvalue weighted by Gasteiger charge is -1.96. The lowest BCUT2D eigenvalue weighted by atomic mass is 10.2. The molecule has 1 aromatic heterocycles. The lowest BCUT2D eigenvalue weighted by Crippen LogP contribution is -2.35. The standard InChI is InChI=1S/C13H12N3/c1-10-7-11(2)15-16(9-10)13-5-3-12(8-14)4-6-13/h3-7,9H,1-2H3/q+1. The predicted octanol–water partition coefficient (Wildman–Crippen LogP) is 1.85. The molecule has 0 radical (unpaired) electrons. The van der Waals surface area contributed by atoms with Gasteiger partial charge < -0.3 is 0 Å². The summed E-state index contributed by atoms with van der Waals surface area (Å²) in [6.45, 7) is 4.00. The van der Waals surface area contributed by atoms with Crippen LogP contribution in [0.25, 0.3) is 5.69 Å². The Balaban J connectivity index is 2.47. The van der Waals surface area contributed by atoms with Crippen molar-refractivity contribution in [1.82, 2.24) is 5.10 Å². The van der Waals surface area contributed by atoms with Crippen molar-refractivity contribution < 1.29 is 4.68 Å². The maximum atomic E-state index is 8.71. The summed E-state index contributed by atoms with van der Waals surface area (Å²) in [4.78, 5) is 0. The van der Waals surface area contributed by atoms with Crippen LogP contribution < -0.4 is 4.68 Å². The number of aryl methyl sites for hydroxylation is 2. The van der Waals surface area contributed by atoms with Crippen molar-refractivity contribution in [3.05, 3.63) is 53.3 Å². The molecule has 3 heteroatoms. The molecule has 0 unspecified atom stereocenters. The van der Waals surface area contributed by atoms with Gasteiger partial charge in [-0.3, -0.25) is 0 Å². The smallest absolute Gasteiger partial charge is 0.192 e. The highest BCUT2D eigenvalue weighted by molar-refractivity contribution is 5.34. The van der Waals surface area contributed by atoms with Gasteiger partial charge >= 0.3 is 0 Å². The van der Waals surface area contributed by atoms with E-state index < -0.39 is 0 Å². The molecule has 2 aromatic rings. The molecule has 0 bridgehead atoms. The second-order valence-electron chi connectivity index (χ2n) is 3.76. The van der Waals surface area contributed by atoms with Crippen molar-refractivity contribution in [3.63, 3.8) is 0 Å². The molecule has 16 heavy (non-hydrogen) atoms. The van der Waals surface area contributed by atoms with Gasteiger partial charge in [0, 0.05) is 22.8 Å². The van der Waals surface area contributed by atoms with Gasteiger partial charge in [-0.2, -0.15) is 5.26 Å². The summed E-state index contributed by atoms with van der Waals surface area (Å²) < 4.78 is 1.83. The Hall–Kier alpha value is -2.21. The summed E-state index contributed by atoms with van der Waals surface area (Å²) in [5.74, 6) is 0. The SMILES string of the molecule is Cc1cc(C)n[n+](-c2ccc(C#N)cc2)c1. The van der Waals surface area contributed by atoms with Gasteiger partial charge in [0.1, 0.15) is 5.69 Å². The molecule has 1 aromatic carbocycles. The zero-order valence-electron chi connectivity index (χ0n) is 9.31. The summed E-state index contributed by atoms with van der Waals surface area (Å²) in [5.41, 5.74) is 3.76. The van der Waals surface area contributed by atoms with E-state index in [0.29, 0.717) is 5.56 Å². The molecular weight excluding hydrogens is 198 g/mol. The third-order valence-corrected chi connectivity index (χ3v) is 2.29. The highest BCUT2D eigenvalue weighted by Gasteiger charge is 2.09. The molecule has 0 N–H and O–H groups in total. The van der Waals surface area contributed by atoms with E-state index in [-0.39, 0.29) is 0 Å². The molecule has 78 valence electrons. The fraction of sp³-hybridized carbons (Fsp3) is 0.154. The zero-order valence-corrected chi connectivity index (χ0v) is 9.31. The van der Waals surface area contributed by atoms with Gasteiger partial charge in [-0.15, -0.1) is 0 Å². The molecule has 2 rings (SSSR count). The third-order valence-electron chi connectivity index (χ3n) is 2.29. The fourth-order valence-corrected chi connectivity index (χ4v) is 1.61. The average molecular weight is 210 g/mol. The fourth-order valence-electron chi connectivity index (χ4n) is 1.61. The molecule has 0 saturated heterocycles. The van der Waals surface area contributed by atoms with Crippen LogP contribution in [0.1, 0.15) is 16.8 Å². The first-order valence-electron chi connectivity index (χ1n) is 5.07. The van der Waals surface area contributed by atoms with Crippen molar-refractivity contribution in [3.8, 4) is 11.8 Å². The summed E-state index contributed by atoms with van der Waals surface area (Å²) >= 11 is 0. The van der Waals surface area contributed by atoms with Crippen LogP contribution in [0.5, 0.6) is 0 Å². The van der Waals surface area contributed by atoms with E-state index in [1.807, 2.05) is 42.9 Å². The molecule has 0 saturated carbocycles. The molecular formula is C13H12N3+. The van der Waals surface area contributed by atoms with Crippen molar-refractivity contribution in [2.45, 2.75) is 13.8 Å². The maximum absolute atomic E-state index is 8.71. The molecule has 0 aliphatic heterocycles. The van der Waals surface area contributed by atoms with Gasteiger partial charge in [0.2, 0.25) is 11.9 Å². The molecule has 0 aliphatic carbocycles. The summed E-state index contributed by atoms with van der Waals surface area (Å²) in [6, 6.07) is 11.5. The number of nitriles is 1. The largest absolute Gasteiger partial charge is 0.238 e. The molecule has 3 nitrogen and oxygen atoms in total. The van der Waals surface area contributed by atoms with E-state index in [9.17, 15) is 0 Å². The Morgan fingerprint density at radius 3 is 2.44 bits per heavy atom. The molecule has 0 spiro atoms. The maximum Gasteiger partial charge on any atom is 0.238 e. The number of rotatable bonds is 1. The number of hydrogen-bond acceptors (Lipinski definition) is 2. The van der Waals surface area contributed by atoms with Gasteiger partial charge in [-0.1, -0.05) is 4.68 Å². The van der Waals surface area contributed by atoms with Crippen molar-refractivity contribution in [1.29, 1.82) is 5.26 Å². The van der Waals surface area contributed by atoms with E-state index in [0.717, 1.165) is 16.9 Å². The van der Waals surface area contributed by atoms with Crippen molar-refractivity contribution in [2.75, 3.05) is 0 Å². The van der Waals surface area contributed by atoms with Crippen LogP contribution in [0.15, 0.2) is 36.5 Å². The molecule has 0 atom stereocenters. The van der Waals surface area contributed by atoms with Crippen molar-refractivity contribution in [2.24, 2.45) is 0 Å². The lowest BCUT2D eigenvalue weighted by molar-refractivity contribution is -0.660. The van der Waals surface area contributed by atoms with Crippen LogP contribution >= 0.6 is 0 Å². The Labute approximate surface area is 94.6 Å². The highest BCUT2D eigenvalue weighted by atomic mass is 15.3. The van der Waals surface area contributed by atoms with E-state index in [4.69, 9.17) is 5.26 Å². The topological polar surface area (TPSA) is 40.6 Å².